The van der Waals surface area contributed by atoms with Crippen molar-refractivity contribution in [2.45, 2.75) is 6.92 Å². The molecule has 1 aromatic carbocycles. The van der Waals surface area contributed by atoms with Crippen LogP contribution in [0.2, 0.25) is 0 Å². The van der Waals surface area contributed by atoms with E-state index in [0.29, 0.717) is 17.1 Å². The average molecular weight is 216 g/mol. The maximum atomic E-state index is 9.09. The Labute approximate surface area is 93.4 Å². The Morgan fingerprint density at radius 3 is 2.56 bits per heavy atom. The fourth-order valence-corrected chi connectivity index (χ4v) is 1.82. The van der Waals surface area contributed by atoms with E-state index in [1.54, 1.807) is 20.3 Å². The minimum absolute atomic E-state index is 0.620. The van der Waals surface area contributed by atoms with Crippen molar-refractivity contribution in [2.24, 2.45) is 0 Å². The van der Waals surface area contributed by atoms with Gasteiger partial charge in [-0.15, -0.1) is 0 Å². The molecule has 2 aromatic rings. The van der Waals surface area contributed by atoms with E-state index in [-0.39, 0.29) is 0 Å². The lowest BCUT2D eigenvalue weighted by Crippen LogP contribution is -1.88. The van der Waals surface area contributed by atoms with Gasteiger partial charge in [-0.2, -0.15) is 5.26 Å². The summed E-state index contributed by atoms with van der Waals surface area (Å²) in [7, 11) is 3.18. The van der Waals surface area contributed by atoms with Crippen LogP contribution in [0.3, 0.4) is 0 Å². The number of H-pyrrole nitrogens is 1. The van der Waals surface area contributed by atoms with Crippen molar-refractivity contribution in [1.82, 2.24) is 4.98 Å². The highest BCUT2D eigenvalue weighted by Gasteiger charge is 2.14. The van der Waals surface area contributed by atoms with E-state index in [1.165, 1.54) is 0 Å². The number of aromatic amines is 1. The molecule has 0 aliphatic rings. The minimum Gasteiger partial charge on any atom is -0.497 e. The third kappa shape index (κ3) is 1.38. The summed E-state index contributed by atoms with van der Waals surface area (Å²) in [4.78, 5) is 3.14. The SMILES string of the molecule is COc1cc(OC)c2c(C#N)c(C)[nH]c2c1. The number of hydrogen-bond donors (Lipinski definition) is 1. The Kier molecular flexibility index (Phi) is 2.45. The summed E-state index contributed by atoms with van der Waals surface area (Å²) < 4.78 is 10.4. The van der Waals surface area contributed by atoms with Crippen molar-refractivity contribution in [3.63, 3.8) is 0 Å². The number of aromatic nitrogens is 1. The van der Waals surface area contributed by atoms with Gasteiger partial charge in [0.05, 0.1) is 30.7 Å². The number of benzene rings is 1. The second-order valence-electron chi connectivity index (χ2n) is 3.49. The molecule has 4 nitrogen and oxygen atoms in total. The topological polar surface area (TPSA) is 58.0 Å². The second-order valence-corrected chi connectivity index (χ2v) is 3.49. The van der Waals surface area contributed by atoms with Crippen LogP contribution in [-0.2, 0) is 0 Å². The van der Waals surface area contributed by atoms with Crippen molar-refractivity contribution < 1.29 is 9.47 Å². The van der Waals surface area contributed by atoms with Crippen molar-refractivity contribution in [3.05, 3.63) is 23.4 Å². The van der Waals surface area contributed by atoms with Crippen LogP contribution in [0.4, 0.5) is 0 Å². The van der Waals surface area contributed by atoms with Crippen molar-refractivity contribution in [2.75, 3.05) is 14.2 Å². The molecule has 0 bridgehead atoms. The van der Waals surface area contributed by atoms with Gasteiger partial charge in [-0.05, 0) is 6.92 Å². The lowest BCUT2D eigenvalue weighted by molar-refractivity contribution is 0.398. The summed E-state index contributed by atoms with van der Waals surface area (Å²) >= 11 is 0. The summed E-state index contributed by atoms with van der Waals surface area (Å²) in [6.45, 7) is 1.87. The predicted octanol–water partition coefficient (Wildman–Crippen LogP) is 2.37. The Morgan fingerprint density at radius 1 is 1.25 bits per heavy atom. The van der Waals surface area contributed by atoms with Gasteiger partial charge in [-0.3, -0.25) is 0 Å². The van der Waals surface area contributed by atoms with E-state index in [4.69, 9.17) is 14.7 Å². The Bertz CT molecular complexity index is 579. The zero-order valence-electron chi connectivity index (χ0n) is 9.42. The van der Waals surface area contributed by atoms with E-state index in [0.717, 1.165) is 16.6 Å². The van der Waals surface area contributed by atoms with Crippen molar-refractivity contribution in [1.29, 1.82) is 5.26 Å². The number of nitriles is 1. The van der Waals surface area contributed by atoms with Gasteiger partial charge in [0.25, 0.3) is 0 Å². The summed E-state index contributed by atoms with van der Waals surface area (Å²) in [6, 6.07) is 5.81. The van der Waals surface area contributed by atoms with Crippen molar-refractivity contribution in [3.8, 4) is 17.6 Å². The molecule has 0 aliphatic heterocycles. The molecule has 0 amide bonds. The van der Waals surface area contributed by atoms with Crippen LogP contribution in [0.5, 0.6) is 11.5 Å². The van der Waals surface area contributed by atoms with E-state index >= 15 is 0 Å². The number of nitrogens with zero attached hydrogens (tertiary/aromatic N) is 1. The largest absolute Gasteiger partial charge is 0.497 e. The molecular weight excluding hydrogens is 204 g/mol. The number of aryl methyl sites for hydroxylation is 1. The molecule has 0 aliphatic carbocycles. The van der Waals surface area contributed by atoms with E-state index in [9.17, 15) is 0 Å². The van der Waals surface area contributed by atoms with Gasteiger partial charge >= 0.3 is 0 Å². The first-order valence-corrected chi connectivity index (χ1v) is 4.85. The molecule has 1 N–H and O–H groups in total. The highest BCUT2D eigenvalue weighted by atomic mass is 16.5. The van der Waals surface area contributed by atoms with Crippen LogP contribution in [0.1, 0.15) is 11.3 Å². The van der Waals surface area contributed by atoms with Crippen LogP contribution in [0.25, 0.3) is 10.9 Å². The number of nitrogens with one attached hydrogen (secondary N) is 1. The second kappa shape index (κ2) is 3.78. The molecule has 0 unspecified atom stereocenters. The van der Waals surface area contributed by atoms with Gasteiger partial charge in [-0.1, -0.05) is 0 Å². The monoisotopic (exact) mass is 216 g/mol. The molecule has 0 radical (unpaired) electrons. The smallest absolute Gasteiger partial charge is 0.133 e. The van der Waals surface area contributed by atoms with E-state index in [1.807, 2.05) is 13.0 Å². The van der Waals surface area contributed by atoms with E-state index < -0.39 is 0 Å². The molecule has 1 heterocycles. The van der Waals surface area contributed by atoms with Gasteiger partial charge in [0.1, 0.15) is 17.6 Å². The Morgan fingerprint density at radius 2 is 2.00 bits per heavy atom. The zero-order chi connectivity index (χ0) is 11.7. The fourth-order valence-electron chi connectivity index (χ4n) is 1.82. The molecular formula is C12H12N2O2. The zero-order valence-corrected chi connectivity index (χ0v) is 9.42. The van der Waals surface area contributed by atoms with Crippen LogP contribution in [0, 0.1) is 18.3 Å². The summed E-state index contributed by atoms with van der Waals surface area (Å²) in [6.07, 6.45) is 0. The molecule has 0 saturated heterocycles. The summed E-state index contributed by atoms with van der Waals surface area (Å²) in [5, 5.41) is 9.90. The van der Waals surface area contributed by atoms with Gasteiger partial charge in [0.15, 0.2) is 0 Å². The standard InChI is InChI=1S/C12H12N2O2/c1-7-9(6-13)12-10(14-7)4-8(15-2)5-11(12)16-3/h4-5,14H,1-3H3. The van der Waals surface area contributed by atoms with Crippen LogP contribution >= 0.6 is 0 Å². The maximum Gasteiger partial charge on any atom is 0.133 e. The molecule has 82 valence electrons. The predicted molar refractivity (Wildman–Crippen MR) is 60.9 cm³/mol. The Balaban J connectivity index is 2.86. The third-order valence-electron chi connectivity index (χ3n) is 2.59. The first-order valence-electron chi connectivity index (χ1n) is 4.85. The fraction of sp³-hybridized carbons (Fsp3) is 0.250. The van der Waals surface area contributed by atoms with Gasteiger partial charge < -0.3 is 14.5 Å². The minimum atomic E-state index is 0.620. The molecule has 0 spiro atoms. The average Bonchev–Trinajstić information content (AvgIpc) is 2.62. The normalized spacial score (nSPS) is 10.1. The molecule has 1 aromatic heterocycles. The number of methoxy groups -OCH3 is 2. The van der Waals surface area contributed by atoms with Crippen molar-refractivity contribution >= 4 is 10.9 Å². The number of ether oxygens (including phenoxy) is 2. The van der Waals surface area contributed by atoms with Gasteiger partial charge in [0, 0.05) is 17.8 Å². The molecule has 0 fully saturated rings. The quantitative estimate of drug-likeness (QED) is 0.838. The van der Waals surface area contributed by atoms with Gasteiger partial charge in [0.2, 0.25) is 0 Å². The van der Waals surface area contributed by atoms with Crippen LogP contribution in [-0.4, -0.2) is 19.2 Å². The third-order valence-corrected chi connectivity index (χ3v) is 2.59. The molecule has 2 rings (SSSR count). The number of rotatable bonds is 2. The molecule has 4 heteroatoms. The molecule has 16 heavy (non-hydrogen) atoms. The highest BCUT2D eigenvalue weighted by Crippen LogP contribution is 2.34. The molecule has 0 saturated carbocycles. The lowest BCUT2D eigenvalue weighted by Gasteiger charge is -2.05. The number of hydrogen-bond acceptors (Lipinski definition) is 3. The maximum absolute atomic E-state index is 9.09. The van der Waals surface area contributed by atoms with Crippen LogP contribution < -0.4 is 9.47 Å². The highest BCUT2D eigenvalue weighted by molar-refractivity contribution is 5.93. The molecule has 0 atom stereocenters. The lowest BCUT2D eigenvalue weighted by atomic mass is 10.1. The first kappa shape index (κ1) is 10.4. The summed E-state index contributed by atoms with van der Waals surface area (Å²) in [5.74, 6) is 1.35. The van der Waals surface area contributed by atoms with Gasteiger partial charge in [-0.25, -0.2) is 0 Å². The van der Waals surface area contributed by atoms with Crippen LogP contribution in [0.15, 0.2) is 12.1 Å². The first-order chi connectivity index (χ1) is 7.71. The van der Waals surface area contributed by atoms with E-state index in [2.05, 4.69) is 11.1 Å². The summed E-state index contributed by atoms with van der Waals surface area (Å²) in [5.41, 5.74) is 2.31. The number of fused-ring (bicyclic) bond motifs is 1. The Hall–Kier alpha value is -2.15.